The third-order valence-electron chi connectivity index (χ3n) is 5.68. The highest BCUT2D eigenvalue weighted by molar-refractivity contribution is 5.89. The first-order chi connectivity index (χ1) is 13.6. The summed E-state index contributed by atoms with van der Waals surface area (Å²) in [6.07, 6.45) is 3.39. The van der Waals surface area contributed by atoms with E-state index in [-0.39, 0.29) is 23.4 Å². The van der Waals surface area contributed by atoms with Crippen LogP contribution in [0.25, 0.3) is 5.69 Å². The maximum Gasteiger partial charge on any atom is 0.143 e. The van der Waals surface area contributed by atoms with Crippen LogP contribution < -0.4 is 5.32 Å². The number of para-hydroxylation sites is 1. The number of hydrogen-bond donors (Lipinski definition) is 1. The molecule has 1 N–H and O–H groups in total. The predicted octanol–water partition coefficient (Wildman–Crippen LogP) is 4.74. The van der Waals surface area contributed by atoms with E-state index in [1.165, 1.54) is 12.1 Å². The van der Waals surface area contributed by atoms with Crippen molar-refractivity contribution in [2.75, 3.05) is 5.32 Å². The van der Waals surface area contributed by atoms with E-state index in [0.29, 0.717) is 6.42 Å². The SMILES string of the molecule is Cc1nn(-c2ccccc2)c2c1[C@H](c1ccc(F)cc1)[C@H]1C(=O)CCC=C1N2. The number of allylic oxidation sites excluding steroid dienone is 2. The highest BCUT2D eigenvalue weighted by atomic mass is 19.1. The van der Waals surface area contributed by atoms with Crippen molar-refractivity contribution in [1.29, 1.82) is 0 Å². The minimum absolute atomic E-state index is 0.173. The van der Waals surface area contributed by atoms with Crippen LogP contribution in [-0.2, 0) is 4.79 Å². The molecule has 0 bridgehead atoms. The van der Waals surface area contributed by atoms with Gasteiger partial charge in [-0.05, 0) is 43.2 Å². The number of Topliss-reactive ketones (excluding diaryl/α,β-unsaturated/α-hetero) is 1. The number of ketones is 1. The molecule has 0 fully saturated rings. The number of nitrogens with zero attached hydrogens (tertiary/aromatic N) is 2. The van der Waals surface area contributed by atoms with E-state index in [9.17, 15) is 9.18 Å². The van der Waals surface area contributed by atoms with E-state index in [2.05, 4.69) is 11.4 Å². The molecule has 0 radical (unpaired) electrons. The summed E-state index contributed by atoms with van der Waals surface area (Å²) in [5.74, 6) is 0.375. The second kappa shape index (κ2) is 6.44. The molecule has 1 aliphatic carbocycles. The molecule has 0 amide bonds. The van der Waals surface area contributed by atoms with Gasteiger partial charge >= 0.3 is 0 Å². The zero-order valence-corrected chi connectivity index (χ0v) is 15.5. The minimum Gasteiger partial charge on any atom is -0.343 e. The van der Waals surface area contributed by atoms with Crippen molar-refractivity contribution >= 4 is 11.6 Å². The molecular formula is C23H20FN3O. The Hall–Kier alpha value is -3.21. The number of halogens is 1. The fourth-order valence-electron chi connectivity index (χ4n) is 4.44. The Morgan fingerprint density at radius 3 is 2.57 bits per heavy atom. The number of fused-ring (bicyclic) bond motifs is 2. The van der Waals surface area contributed by atoms with Gasteiger partial charge in [0.25, 0.3) is 0 Å². The van der Waals surface area contributed by atoms with Crippen LogP contribution in [0.1, 0.15) is 35.6 Å². The summed E-state index contributed by atoms with van der Waals surface area (Å²) in [6, 6.07) is 16.4. The zero-order chi connectivity index (χ0) is 19.3. The molecule has 4 nitrogen and oxygen atoms in total. The fraction of sp³-hybridized carbons (Fsp3) is 0.217. The van der Waals surface area contributed by atoms with Crippen molar-refractivity contribution in [3.8, 4) is 5.69 Å². The van der Waals surface area contributed by atoms with Gasteiger partial charge in [0.05, 0.1) is 17.3 Å². The van der Waals surface area contributed by atoms with Crippen molar-refractivity contribution < 1.29 is 9.18 Å². The topological polar surface area (TPSA) is 46.9 Å². The van der Waals surface area contributed by atoms with Gasteiger partial charge < -0.3 is 5.32 Å². The lowest BCUT2D eigenvalue weighted by atomic mass is 9.72. The molecule has 2 aromatic carbocycles. The second-order valence-corrected chi connectivity index (χ2v) is 7.39. The molecule has 28 heavy (non-hydrogen) atoms. The normalized spacial score (nSPS) is 20.8. The molecule has 1 aliphatic heterocycles. The van der Waals surface area contributed by atoms with Gasteiger partial charge in [-0.3, -0.25) is 4.79 Å². The Morgan fingerprint density at radius 1 is 1.07 bits per heavy atom. The molecule has 1 aromatic heterocycles. The average Bonchev–Trinajstić information content (AvgIpc) is 3.04. The summed E-state index contributed by atoms with van der Waals surface area (Å²) in [4.78, 5) is 12.9. The number of hydrogen-bond acceptors (Lipinski definition) is 3. The van der Waals surface area contributed by atoms with Gasteiger partial charge in [-0.25, -0.2) is 9.07 Å². The van der Waals surface area contributed by atoms with Gasteiger partial charge in [0.2, 0.25) is 0 Å². The maximum absolute atomic E-state index is 13.6. The van der Waals surface area contributed by atoms with Crippen molar-refractivity contribution in [1.82, 2.24) is 9.78 Å². The van der Waals surface area contributed by atoms with Crippen LogP contribution in [0, 0.1) is 18.7 Å². The Bertz CT molecular complexity index is 1080. The molecule has 2 atom stereocenters. The van der Waals surface area contributed by atoms with Crippen LogP contribution in [0.4, 0.5) is 10.2 Å². The highest BCUT2D eigenvalue weighted by Gasteiger charge is 2.42. The quantitative estimate of drug-likeness (QED) is 0.706. The van der Waals surface area contributed by atoms with E-state index in [4.69, 9.17) is 5.10 Å². The first-order valence-corrected chi connectivity index (χ1v) is 9.53. The standard InChI is InChI=1S/C23H20FN3O/c1-14-20-21(15-10-12-16(24)13-11-15)22-18(8-5-9-19(22)28)25-23(20)27(26-14)17-6-3-2-4-7-17/h2-4,6-8,10-13,21-22,25H,5,9H2,1H3/t21-,22+/m0/s1. The van der Waals surface area contributed by atoms with Gasteiger partial charge in [-0.1, -0.05) is 36.4 Å². The molecule has 2 heterocycles. The summed E-state index contributed by atoms with van der Waals surface area (Å²) in [5, 5.41) is 8.28. The fourth-order valence-corrected chi connectivity index (χ4v) is 4.44. The highest BCUT2D eigenvalue weighted by Crippen LogP contribution is 2.48. The zero-order valence-electron chi connectivity index (χ0n) is 15.5. The average molecular weight is 373 g/mol. The summed E-state index contributed by atoms with van der Waals surface area (Å²) in [6.45, 7) is 1.97. The summed E-state index contributed by atoms with van der Waals surface area (Å²) in [5.41, 5.74) is 4.70. The Kier molecular flexibility index (Phi) is 3.90. The minimum atomic E-state index is -0.279. The van der Waals surface area contributed by atoms with Crippen LogP contribution >= 0.6 is 0 Å². The number of rotatable bonds is 2. The van der Waals surface area contributed by atoms with Crippen molar-refractivity contribution in [2.45, 2.75) is 25.7 Å². The van der Waals surface area contributed by atoms with E-state index >= 15 is 0 Å². The molecule has 5 rings (SSSR count). The molecule has 0 spiro atoms. The van der Waals surface area contributed by atoms with Gasteiger partial charge in [0.1, 0.15) is 17.4 Å². The number of aryl methyl sites for hydroxylation is 1. The van der Waals surface area contributed by atoms with Crippen molar-refractivity contribution in [3.05, 3.63) is 89.0 Å². The monoisotopic (exact) mass is 373 g/mol. The third-order valence-corrected chi connectivity index (χ3v) is 5.68. The van der Waals surface area contributed by atoms with E-state index in [1.807, 2.05) is 41.9 Å². The summed E-state index contributed by atoms with van der Waals surface area (Å²) >= 11 is 0. The lowest BCUT2D eigenvalue weighted by Gasteiger charge is -2.36. The molecule has 0 saturated heterocycles. The Labute approximate surface area is 162 Å². The molecular weight excluding hydrogens is 353 g/mol. The molecule has 2 aliphatic rings. The van der Waals surface area contributed by atoms with E-state index < -0.39 is 0 Å². The first-order valence-electron chi connectivity index (χ1n) is 9.53. The largest absolute Gasteiger partial charge is 0.343 e. The Balaban J connectivity index is 1.75. The maximum atomic E-state index is 13.6. The van der Waals surface area contributed by atoms with Crippen molar-refractivity contribution in [2.24, 2.45) is 5.92 Å². The first kappa shape index (κ1) is 16.9. The van der Waals surface area contributed by atoms with E-state index in [1.54, 1.807) is 12.1 Å². The van der Waals surface area contributed by atoms with Gasteiger partial charge in [-0.15, -0.1) is 0 Å². The summed E-state index contributed by atoms with van der Waals surface area (Å²) < 4.78 is 15.5. The lowest BCUT2D eigenvalue weighted by Crippen LogP contribution is -2.35. The van der Waals surface area contributed by atoms with Crippen LogP contribution in [0.2, 0.25) is 0 Å². The number of nitrogens with one attached hydrogen (secondary N) is 1. The number of carbonyl (C=O) groups excluding carboxylic acids is 1. The lowest BCUT2D eigenvalue weighted by molar-refractivity contribution is -0.122. The molecule has 0 unspecified atom stereocenters. The number of carbonyl (C=O) groups is 1. The van der Waals surface area contributed by atoms with Crippen LogP contribution in [0.3, 0.4) is 0 Å². The van der Waals surface area contributed by atoms with Gasteiger partial charge in [0, 0.05) is 23.6 Å². The molecule has 3 aromatic rings. The number of benzene rings is 2. The second-order valence-electron chi connectivity index (χ2n) is 7.39. The Morgan fingerprint density at radius 2 is 1.82 bits per heavy atom. The van der Waals surface area contributed by atoms with Crippen molar-refractivity contribution in [3.63, 3.8) is 0 Å². The summed E-state index contributed by atoms with van der Waals surface area (Å²) in [7, 11) is 0. The third kappa shape index (κ3) is 2.58. The van der Waals surface area contributed by atoms with Crippen LogP contribution in [0.5, 0.6) is 0 Å². The van der Waals surface area contributed by atoms with Crippen LogP contribution in [-0.4, -0.2) is 15.6 Å². The smallest absolute Gasteiger partial charge is 0.143 e. The molecule has 140 valence electrons. The van der Waals surface area contributed by atoms with Crippen LogP contribution in [0.15, 0.2) is 66.4 Å². The molecule has 0 saturated carbocycles. The predicted molar refractivity (Wildman–Crippen MR) is 106 cm³/mol. The van der Waals surface area contributed by atoms with E-state index in [0.717, 1.165) is 40.4 Å². The van der Waals surface area contributed by atoms with Gasteiger partial charge in [0.15, 0.2) is 0 Å². The number of anilines is 1. The molecule has 5 heteroatoms. The van der Waals surface area contributed by atoms with Gasteiger partial charge in [-0.2, -0.15) is 5.10 Å². The number of aromatic nitrogens is 2.